The van der Waals surface area contributed by atoms with E-state index in [1.54, 1.807) is 13.8 Å². The van der Waals surface area contributed by atoms with Crippen molar-refractivity contribution in [2.45, 2.75) is 25.2 Å². The van der Waals surface area contributed by atoms with Crippen LogP contribution in [0.1, 0.15) is 20.3 Å². The van der Waals surface area contributed by atoms with Crippen molar-refractivity contribution in [3.05, 3.63) is 47.5 Å². The molecule has 0 saturated carbocycles. The molecule has 0 fully saturated rings. The largest absolute Gasteiger partial charge is 0.491 e. The molecule has 3 nitrogen and oxygen atoms in total. The highest BCUT2D eigenvalue weighted by Crippen LogP contribution is 2.35. The molecule has 8 heteroatoms. The van der Waals surface area contributed by atoms with Crippen molar-refractivity contribution in [3.8, 4) is 16.9 Å². The Morgan fingerprint density at radius 2 is 1.52 bits per heavy atom. The Morgan fingerprint density at radius 3 is 2.15 bits per heavy atom. The van der Waals surface area contributed by atoms with Gasteiger partial charge in [0.05, 0.1) is 19.6 Å². The number of esters is 1. The van der Waals surface area contributed by atoms with Crippen molar-refractivity contribution in [2.24, 2.45) is 0 Å². The van der Waals surface area contributed by atoms with Crippen molar-refractivity contribution in [1.29, 1.82) is 0 Å². The molecule has 2 aromatic rings. The Morgan fingerprint density at radius 1 is 0.889 bits per heavy atom. The molecule has 0 aliphatic heterocycles. The summed E-state index contributed by atoms with van der Waals surface area (Å²) in [6.07, 6.45) is 0.0417. The van der Waals surface area contributed by atoms with Gasteiger partial charge in [0.25, 0.3) is 0 Å². The van der Waals surface area contributed by atoms with Gasteiger partial charge in [-0.25, -0.2) is 13.2 Å². The van der Waals surface area contributed by atoms with Crippen LogP contribution < -0.4 is 4.74 Å². The summed E-state index contributed by atoms with van der Waals surface area (Å²) in [6.45, 7) is 3.65. The molecule has 0 aromatic heterocycles. The van der Waals surface area contributed by atoms with Crippen molar-refractivity contribution < 1.29 is 31.8 Å². The number of halogens is 4. The molecule has 0 bridgehead atoms. The molecule has 0 unspecified atom stereocenters. The van der Waals surface area contributed by atoms with Gasteiger partial charge < -0.3 is 9.47 Å². The van der Waals surface area contributed by atoms with Crippen molar-refractivity contribution >= 4 is 17.7 Å². The molecule has 2 aromatic carbocycles. The standard InChI is InChI=1S/C19H18F4O3S/c1-3-25-13-7-5-11(16(20)18(13)22)12-6-8-14(19(23)17(12)21)27-10-9-15(24)26-4-2/h5-8H,3-4,9-10H2,1-2H3. The lowest BCUT2D eigenvalue weighted by molar-refractivity contribution is -0.142. The van der Waals surface area contributed by atoms with Crippen molar-refractivity contribution in [2.75, 3.05) is 19.0 Å². The van der Waals surface area contributed by atoms with Crippen LogP contribution in [0.15, 0.2) is 29.2 Å². The van der Waals surface area contributed by atoms with E-state index in [1.807, 2.05) is 0 Å². The lowest BCUT2D eigenvalue weighted by atomic mass is 10.0. The van der Waals surface area contributed by atoms with Gasteiger partial charge in [-0.1, -0.05) is 0 Å². The summed E-state index contributed by atoms with van der Waals surface area (Å²) in [4.78, 5) is 11.2. The minimum Gasteiger partial charge on any atom is -0.491 e. The number of hydrogen-bond donors (Lipinski definition) is 0. The molecule has 2 rings (SSSR count). The summed E-state index contributed by atoms with van der Waals surface area (Å²) in [7, 11) is 0. The van der Waals surface area contributed by atoms with Crippen LogP contribution in [0, 0.1) is 23.3 Å². The number of carbonyl (C=O) groups is 1. The van der Waals surface area contributed by atoms with Crippen LogP contribution in [0.5, 0.6) is 5.75 Å². The topological polar surface area (TPSA) is 35.5 Å². The first-order chi connectivity index (χ1) is 12.9. The second-order valence-corrected chi connectivity index (χ2v) is 6.45. The van der Waals surface area contributed by atoms with Crippen LogP contribution in [-0.4, -0.2) is 24.9 Å². The second kappa shape index (κ2) is 9.64. The van der Waals surface area contributed by atoms with Crippen molar-refractivity contribution in [3.63, 3.8) is 0 Å². The summed E-state index contributed by atoms with van der Waals surface area (Å²) in [5, 5.41) is 0. The molecule has 0 radical (unpaired) electrons. The molecular weight excluding hydrogens is 384 g/mol. The smallest absolute Gasteiger partial charge is 0.306 e. The number of rotatable bonds is 8. The maximum atomic E-state index is 14.4. The third kappa shape index (κ3) is 4.94. The third-order valence-corrected chi connectivity index (χ3v) is 4.59. The highest BCUT2D eigenvalue weighted by molar-refractivity contribution is 7.99. The van der Waals surface area contributed by atoms with Gasteiger partial charge >= 0.3 is 5.97 Å². The predicted octanol–water partition coefficient (Wildman–Crippen LogP) is 5.35. The summed E-state index contributed by atoms with van der Waals surface area (Å²) < 4.78 is 66.6. The Kier molecular flexibility index (Phi) is 7.53. The number of ether oxygens (including phenoxy) is 2. The van der Waals surface area contributed by atoms with E-state index in [1.165, 1.54) is 12.1 Å². The zero-order valence-electron chi connectivity index (χ0n) is 14.8. The van der Waals surface area contributed by atoms with Gasteiger partial charge in [0, 0.05) is 21.8 Å². The zero-order valence-corrected chi connectivity index (χ0v) is 15.6. The number of thioether (sulfide) groups is 1. The highest BCUT2D eigenvalue weighted by atomic mass is 32.2. The molecule has 0 spiro atoms. The van der Waals surface area contributed by atoms with Crippen LogP contribution in [0.25, 0.3) is 11.1 Å². The maximum absolute atomic E-state index is 14.4. The average Bonchev–Trinajstić information content (AvgIpc) is 2.64. The van der Waals surface area contributed by atoms with Gasteiger partial charge in [-0.15, -0.1) is 11.8 Å². The molecule has 27 heavy (non-hydrogen) atoms. The van der Waals surface area contributed by atoms with Crippen LogP contribution in [0.3, 0.4) is 0 Å². The first-order valence-electron chi connectivity index (χ1n) is 8.28. The lowest BCUT2D eigenvalue weighted by Crippen LogP contribution is -2.05. The minimum atomic E-state index is -1.32. The number of carbonyl (C=O) groups excluding carboxylic acids is 1. The first kappa shape index (κ1) is 21.1. The fraction of sp³-hybridized carbons (Fsp3) is 0.316. The molecule has 0 atom stereocenters. The Labute approximate surface area is 158 Å². The maximum Gasteiger partial charge on any atom is 0.306 e. The molecule has 0 N–H and O–H groups in total. The lowest BCUT2D eigenvalue weighted by Gasteiger charge is -2.11. The van der Waals surface area contributed by atoms with E-state index in [0.717, 1.165) is 23.9 Å². The molecule has 0 heterocycles. The minimum absolute atomic E-state index is 0.0348. The van der Waals surface area contributed by atoms with E-state index in [0.29, 0.717) is 0 Å². The number of hydrogen-bond acceptors (Lipinski definition) is 4. The molecular formula is C19H18F4O3S. The fourth-order valence-electron chi connectivity index (χ4n) is 2.34. The fourth-order valence-corrected chi connectivity index (χ4v) is 3.20. The van der Waals surface area contributed by atoms with Crippen molar-refractivity contribution in [1.82, 2.24) is 0 Å². The van der Waals surface area contributed by atoms with E-state index in [9.17, 15) is 22.4 Å². The summed E-state index contributed by atoms with van der Waals surface area (Å²) in [6, 6.07) is 4.73. The Hall–Kier alpha value is -2.22. The quantitative estimate of drug-likeness (QED) is 0.339. The van der Waals surface area contributed by atoms with Crippen LogP contribution in [0.4, 0.5) is 17.6 Å². The SMILES string of the molecule is CCOC(=O)CCSc1ccc(-c2ccc(OCC)c(F)c2F)c(F)c1F. The normalized spacial score (nSPS) is 10.7. The summed E-state index contributed by atoms with van der Waals surface area (Å²) >= 11 is 0.932. The Balaban J connectivity index is 2.24. The Bertz CT molecular complexity index is 827. The third-order valence-electron chi connectivity index (χ3n) is 3.55. The molecule has 0 aliphatic rings. The highest BCUT2D eigenvalue weighted by Gasteiger charge is 2.21. The summed E-state index contributed by atoms with van der Waals surface area (Å²) in [5.74, 6) is -5.60. The van der Waals surface area contributed by atoms with E-state index >= 15 is 0 Å². The monoisotopic (exact) mass is 402 g/mol. The van der Waals surface area contributed by atoms with Gasteiger partial charge in [0.1, 0.15) is 0 Å². The van der Waals surface area contributed by atoms with E-state index in [2.05, 4.69) is 0 Å². The molecule has 0 aliphatic carbocycles. The van der Waals surface area contributed by atoms with E-state index < -0.39 is 40.4 Å². The average molecular weight is 402 g/mol. The predicted molar refractivity (Wildman–Crippen MR) is 94.9 cm³/mol. The van der Waals surface area contributed by atoms with Gasteiger partial charge in [-0.2, -0.15) is 4.39 Å². The van der Waals surface area contributed by atoms with E-state index in [4.69, 9.17) is 9.47 Å². The van der Waals surface area contributed by atoms with Gasteiger partial charge in [0.2, 0.25) is 5.82 Å². The summed E-state index contributed by atoms with van der Waals surface area (Å²) in [5.41, 5.74) is -0.808. The van der Waals surface area contributed by atoms with Crippen LogP contribution in [0.2, 0.25) is 0 Å². The molecule has 146 valence electrons. The molecule has 0 saturated heterocycles. The van der Waals surface area contributed by atoms with E-state index in [-0.39, 0.29) is 36.0 Å². The van der Waals surface area contributed by atoms with Gasteiger partial charge in [0.15, 0.2) is 23.2 Å². The number of benzene rings is 2. The van der Waals surface area contributed by atoms with Crippen LogP contribution >= 0.6 is 11.8 Å². The zero-order chi connectivity index (χ0) is 20.0. The van der Waals surface area contributed by atoms with Gasteiger partial charge in [-0.05, 0) is 38.1 Å². The van der Waals surface area contributed by atoms with Crippen LogP contribution in [-0.2, 0) is 9.53 Å². The molecule has 0 amide bonds. The second-order valence-electron chi connectivity index (χ2n) is 5.31. The first-order valence-corrected chi connectivity index (χ1v) is 9.26. The van der Waals surface area contributed by atoms with Gasteiger partial charge in [-0.3, -0.25) is 4.79 Å².